The molecule has 1 N–H and O–H groups in total. The number of carbonyl (C=O) groups is 1. The lowest BCUT2D eigenvalue weighted by atomic mass is 10.2. The maximum Gasteiger partial charge on any atom is 0.242 e. The highest BCUT2D eigenvalue weighted by Crippen LogP contribution is 2.23. The van der Waals surface area contributed by atoms with Crippen molar-refractivity contribution in [1.82, 2.24) is 4.31 Å². The zero-order valence-corrected chi connectivity index (χ0v) is 16.7. The van der Waals surface area contributed by atoms with Gasteiger partial charge in [0.15, 0.2) is 0 Å². The first-order valence-electron chi connectivity index (χ1n) is 8.00. The van der Waals surface area contributed by atoms with Gasteiger partial charge in [-0.3, -0.25) is 4.79 Å². The summed E-state index contributed by atoms with van der Waals surface area (Å²) in [7, 11) is -0.630. The average Bonchev–Trinajstić information content (AvgIpc) is 2.62. The first-order chi connectivity index (χ1) is 12.6. The van der Waals surface area contributed by atoms with Gasteiger partial charge in [-0.15, -0.1) is 11.8 Å². The molecule has 2 aromatic carbocycles. The van der Waals surface area contributed by atoms with Crippen molar-refractivity contribution >= 4 is 33.4 Å². The minimum Gasteiger partial charge on any atom is -0.323 e. The summed E-state index contributed by atoms with van der Waals surface area (Å²) in [5.74, 6) is -1.45. The van der Waals surface area contributed by atoms with Gasteiger partial charge in [0, 0.05) is 25.9 Å². The van der Waals surface area contributed by atoms with Crippen LogP contribution in [0, 0.1) is 11.6 Å². The Morgan fingerprint density at radius 2 is 1.89 bits per heavy atom. The third-order valence-corrected chi connectivity index (χ3v) is 6.76. The molecule has 0 saturated carbocycles. The third kappa shape index (κ3) is 5.50. The SMILES string of the molecule is CC(SCc1cccc(S(=O)(=O)N(C)C)c1)C(=O)Nc1cc(F)ccc1F. The Hall–Kier alpha value is -1.97. The Bertz CT molecular complexity index is 934. The number of thioether (sulfide) groups is 1. The topological polar surface area (TPSA) is 66.5 Å². The number of benzene rings is 2. The minimum atomic E-state index is -3.54. The minimum absolute atomic E-state index is 0.171. The Kier molecular flexibility index (Phi) is 6.96. The van der Waals surface area contributed by atoms with Crippen molar-refractivity contribution in [3.8, 4) is 0 Å². The second-order valence-electron chi connectivity index (χ2n) is 6.00. The molecule has 1 unspecified atom stereocenters. The highest BCUT2D eigenvalue weighted by Gasteiger charge is 2.19. The summed E-state index contributed by atoms with van der Waals surface area (Å²) >= 11 is 1.26. The fourth-order valence-corrected chi connectivity index (χ4v) is 3.94. The van der Waals surface area contributed by atoms with E-state index in [1.54, 1.807) is 25.1 Å². The summed E-state index contributed by atoms with van der Waals surface area (Å²) in [5.41, 5.74) is 0.519. The van der Waals surface area contributed by atoms with Crippen LogP contribution in [0.3, 0.4) is 0 Å². The fraction of sp³-hybridized carbons (Fsp3) is 0.278. The molecule has 2 rings (SSSR count). The molecule has 0 fully saturated rings. The van der Waals surface area contributed by atoms with Crippen molar-refractivity contribution in [3.05, 3.63) is 59.7 Å². The molecule has 1 amide bonds. The molecule has 0 radical (unpaired) electrons. The van der Waals surface area contributed by atoms with E-state index in [-0.39, 0.29) is 10.6 Å². The second kappa shape index (κ2) is 8.81. The molecule has 9 heteroatoms. The van der Waals surface area contributed by atoms with Gasteiger partial charge in [0.25, 0.3) is 0 Å². The third-order valence-electron chi connectivity index (χ3n) is 3.73. The number of anilines is 1. The summed E-state index contributed by atoms with van der Waals surface area (Å²) in [4.78, 5) is 12.4. The van der Waals surface area contributed by atoms with Crippen molar-refractivity contribution < 1.29 is 22.0 Å². The van der Waals surface area contributed by atoms with Gasteiger partial charge in [-0.05, 0) is 36.8 Å². The molecule has 0 spiro atoms. The Balaban J connectivity index is 2.02. The van der Waals surface area contributed by atoms with Crippen molar-refractivity contribution in [1.29, 1.82) is 0 Å². The number of halogens is 2. The van der Waals surface area contributed by atoms with Crippen LogP contribution in [0.5, 0.6) is 0 Å². The number of amides is 1. The smallest absolute Gasteiger partial charge is 0.242 e. The van der Waals surface area contributed by atoms with Crippen LogP contribution >= 0.6 is 11.8 Å². The van der Waals surface area contributed by atoms with Crippen LogP contribution in [-0.4, -0.2) is 38.0 Å². The van der Waals surface area contributed by atoms with Crippen LogP contribution in [0.4, 0.5) is 14.5 Å². The van der Waals surface area contributed by atoms with Crippen LogP contribution in [0.1, 0.15) is 12.5 Å². The molecule has 5 nitrogen and oxygen atoms in total. The van der Waals surface area contributed by atoms with Crippen molar-refractivity contribution in [2.75, 3.05) is 19.4 Å². The van der Waals surface area contributed by atoms with Gasteiger partial charge in [-0.2, -0.15) is 0 Å². The lowest BCUT2D eigenvalue weighted by molar-refractivity contribution is -0.115. The van der Waals surface area contributed by atoms with E-state index >= 15 is 0 Å². The molecule has 0 aliphatic rings. The number of nitrogens with zero attached hydrogens (tertiary/aromatic N) is 1. The zero-order chi connectivity index (χ0) is 20.2. The normalized spacial score (nSPS) is 12.8. The molecule has 0 bridgehead atoms. The van der Waals surface area contributed by atoms with Gasteiger partial charge < -0.3 is 5.32 Å². The van der Waals surface area contributed by atoms with Gasteiger partial charge >= 0.3 is 0 Å². The quantitative estimate of drug-likeness (QED) is 0.753. The molecule has 1 atom stereocenters. The lowest BCUT2D eigenvalue weighted by Gasteiger charge is -2.14. The number of carbonyl (C=O) groups excluding carboxylic acids is 1. The zero-order valence-electron chi connectivity index (χ0n) is 15.1. The molecular formula is C18H20F2N2O3S2. The second-order valence-corrected chi connectivity index (χ2v) is 9.48. The average molecular weight is 414 g/mol. The van der Waals surface area contributed by atoms with E-state index in [2.05, 4.69) is 5.32 Å². The van der Waals surface area contributed by atoms with Gasteiger partial charge in [-0.1, -0.05) is 12.1 Å². The lowest BCUT2D eigenvalue weighted by Crippen LogP contribution is -2.23. The maximum absolute atomic E-state index is 13.6. The summed E-state index contributed by atoms with van der Waals surface area (Å²) in [6, 6.07) is 9.29. The number of hydrogen-bond donors (Lipinski definition) is 1. The standard InChI is InChI=1S/C18H20F2N2O3S2/c1-12(18(23)21-17-10-14(19)7-8-16(17)20)26-11-13-5-4-6-15(9-13)27(24,25)22(2)3/h4-10,12H,11H2,1-3H3,(H,21,23). The highest BCUT2D eigenvalue weighted by atomic mass is 32.2. The number of sulfonamides is 1. The summed E-state index contributed by atoms with van der Waals surface area (Å²) in [6.45, 7) is 1.64. The van der Waals surface area contributed by atoms with Crippen LogP contribution in [-0.2, 0) is 20.6 Å². The maximum atomic E-state index is 13.6. The predicted molar refractivity (Wildman–Crippen MR) is 103 cm³/mol. The van der Waals surface area contributed by atoms with E-state index in [9.17, 15) is 22.0 Å². The first kappa shape index (κ1) is 21.3. The Morgan fingerprint density at radius 3 is 2.56 bits per heavy atom. The van der Waals surface area contributed by atoms with Crippen molar-refractivity contribution in [3.63, 3.8) is 0 Å². The molecule has 2 aromatic rings. The van der Waals surface area contributed by atoms with E-state index in [0.29, 0.717) is 5.75 Å². The largest absolute Gasteiger partial charge is 0.323 e. The molecule has 0 aromatic heterocycles. The van der Waals surface area contributed by atoms with E-state index in [0.717, 1.165) is 28.1 Å². The molecule has 0 saturated heterocycles. The Labute approximate surface area is 161 Å². The van der Waals surface area contributed by atoms with Crippen LogP contribution < -0.4 is 5.32 Å². The molecule has 27 heavy (non-hydrogen) atoms. The van der Waals surface area contributed by atoms with E-state index in [4.69, 9.17) is 0 Å². The van der Waals surface area contributed by atoms with E-state index in [1.807, 2.05) is 0 Å². The van der Waals surface area contributed by atoms with Crippen molar-refractivity contribution in [2.24, 2.45) is 0 Å². The highest BCUT2D eigenvalue weighted by molar-refractivity contribution is 7.99. The summed E-state index contributed by atoms with van der Waals surface area (Å²) < 4.78 is 52.3. The Morgan fingerprint density at radius 1 is 1.19 bits per heavy atom. The number of rotatable bonds is 7. The summed E-state index contributed by atoms with van der Waals surface area (Å²) in [6.07, 6.45) is 0. The number of hydrogen-bond acceptors (Lipinski definition) is 4. The van der Waals surface area contributed by atoms with Gasteiger partial charge in [0.05, 0.1) is 15.8 Å². The molecule has 0 aliphatic heterocycles. The predicted octanol–water partition coefficient (Wildman–Crippen LogP) is 3.48. The van der Waals surface area contributed by atoms with Gasteiger partial charge in [-0.25, -0.2) is 21.5 Å². The monoisotopic (exact) mass is 414 g/mol. The molecule has 0 heterocycles. The van der Waals surface area contributed by atoms with Crippen LogP contribution in [0.2, 0.25) is 0 Å². The van der Waals surface area contributed by atoms with Gasteiger partial charge in [0.2, 0.25) is 15.9 Å². The molecule has 146 valence electrons. The van der Waals surface area contributed by atoms with E-state index in [1.165, 1.54) is 31.9 Å². The number of nitrogens with one attached hydrogen (secondary N) is 1. The fourth-order valence-electron chi connectivity index (χ4n) is 2.13. The van der Waals surface area contributed by atoms with Crippen LogP contribution in [0.25, 0.3) is 0 Å². The first-order valence-corrected chi connectivity index (χ1v) is 10.5. The molecular weight excluding hydrogens is 394 g/mol. The van der Waals surface area contributed by atoms with Crippen molar-refractivity contribution in [2.45, 2.75) is 22.8 Å². The summed E-state index contributed by atoms with van der Waals surface area (Å²) in [5, 5.41) is 1.81. The van der Waals surface area contributed by atoms with E-state index < -0.39 is 32.8 Å². The van der Waals surface area contributed by atoms with Crippen LogP contribution in [0.15, 0.2) is 47.4 Å². The van der Waals surface area contributed by atoms with Gasteiger partial charge in [0.1, 0.15) is 11.6 Å². The molecule has 0 aliphatic carbocycles.